The van der Waals surface area contributed by atoms with E-state index in [0.29, 0.717) is 4.99 Å². The molecule has 0 aliphatic heterocycles. The predicted molar refractivity (Wildman–Crippen MR) is 149 cm³/mol. The lowest BCUT2D eigenvalue weighted by atomic mass is 10.0. The third-order valence-electron chi connectivity index (χ3n) is 4.75. The number of rotatable bonds is 6. The van der Waals surface area contributed by atoms with Crippen LogP contribution in [0.2, 0.25) is 0 Å². The van der Waals surface area contributed by atoms with E-state index in [1.807, 2.05) is 65.0 Å². The summed E-state index contributed by atoms with van der Waals surface area (Å²) in [7, 11) is 0. The summed E-state index contributed by atoms with van der Waals surface area (Å²) in [4.78, 5) is 21.8. The molecule has 5 heteroatoms. The largest absolute Gasteiger partial charge is 0.460 e. The Morgan fingerprint density at radius 1 is 1.09 bits per heavy atom. The molecule has 34 heavy (non-hydrogen) atoms. The molecule has 0 aliphatic rings. The fraction of sp³-hybridized carbons (Fsp3) is 0.414. The number of allylic oxidation sites excluding steroid dienone is 2. The summed E-state index contributed by atoms with van der Waals surface area (Å²) < 4.78 is 5.15. The average Bonchev–Trinajstić information content (AvgIpc) is 2.79. The highest BCUT2D eigenvalue weighted by atomic mass is 32.1. The number of thiocarbonyl (C=S) groups is 1. The molecule has 2 rings (SSSR count). The van der Waals surface area contributed by atoms with Gasteiger partial charge in [0.1, 0.15) is 11.9 Å². The molecule has 0 radical (unpaired) electrons. The maximum absolute atomic E-state index is 11.2. The Labute approximate surface area is 211 Å². The Kier molecular flexibility index (Phi) is 15.4. The summed E-state index contributed by atoms with van der Waals surface area (Å²) in [6.45, 7) is 15.9. The minimum absolute atomic E-state index is 0.0224. The van der Waals surface area contributed by atoms with Crippen molar-refractivity contribution >= 4 is 40.7 Å². The van der Waals surface area contributed by atoms with E-state index in [4.69, 9.17) is 17.0 Å². The lowest BCUT2D eigenvalue weighted by Gasteiger charge is -2.21. The fourth-order valence-electron chi connectivity index (χ4n) is 2.55. The van der Waals surface area contributed by atoms with Gasteiger partial charge in [0.25, 0.3) is 0 Å². The number of hydrogen-bond donors (Lipinski definition) is 1. The van der Waals surface area contributed by atoms with Gasteiger partial charge in [0.2, 0.25) is 0 Å². The van der Waals surface area contributed by atoms with Gasteiger partial charge in [-0.1, -0.05) is 74.6 Å². The number of para-hydroxylation sites is 1. The molecule has 0 saturated heterocycles. The van der Waals surface area contributed by atoms with E-state index in [-0.39, 0.29) is 23.9 Å². The highest BCUT2D eigenvalue weighted by Crippen LogP contribution is 2.17. The van der Waals surface area contributed by atoms with E-state index in [9.17, 15) is 9.59 Å². The van der Waals surface area contributed by atoms with E-state index in [2.05, 4.69) is 56.4 Å². The molecule has 0 fully saturated rings. The molecule has 0 aliphatic carbocycles. The second-order valence-corrected chi connectivity index (χ2v) is 9.41. The standard InChI is InChI=1S/C11H14.C9H9NOS.C9H18O2/c1-4-9(2)11-8-6-5-7-10(11)3;11-7-6-9(12)10-8-4-2-1-3-5-8;1-6-7(2)8(10)11-9(3,4)5/h4-8H,1-3H3;1-5,7H,6H2,(H,10,12);7H,6H2,1-5H3/b9-4-;;. The van der Waals surface area contributed by atoms with Crippen molar-refractivity contribution in [1.29, 1.82) is 0 Å². The van der Waals surface area contributed by atoms with Crippen LogP contribution in [0.25, 0.3) is 5.57 Å². The highest BCUT2D eigenvalue weighted by Gasteiger charge is 2.19. The number of ether oxygens (including phenoxy) is 1. The van der Waals surface area contributed by atoms with Gasteiger partial charge in [0, 0.05) is 5.69 Å². The smallest absolute Gasteiger partial charge is 0.309 e. The molecular formula is C29H41NO3S. The predicted octanol–water partition coefficient (Wildman–Crippen LogP) is 7.81. The molecule has 2 aromatic carbocycles. The maximum Gasteiger partial charge on any atom is 0.309 e. The van der Waals surface area contributed by atoms with E-state index in [1.54, 1.807) is 0 Å². The number of hydrogen-bond acceptors (Lipinski definition) is 4. The van der Waals surface area contributed by atoms with Gasteiger partial charge in [-0.25, -0.2) is 0 Å². The van der Waals surface area contributed by atoms with Crippen molar-refractivity contribution in [2.75, 3.05) is 5.32 Å². The Hall–Kier alpha value is -2.79. The van der Waals surface area contributed by atoms with Crippen LogP contribution in [0, 0.1) is 12.8 Å². The monoisotopic (exact) mass is 483 g/mol. The van der Waals surface area contributed by atoms with Crippen LogP contribution in [0.5, 0.6) is 0 Å². The summed E-state index contributed by atoms with van der Waals surface area (Å²) in [5.41, 5.74) is 4.63. The Bertz CT molecular complexity index is 914. The van der Waals surface area contributed by atoms with Gasteiger partial charge in [-0.2, -0.15) is 0 Å². The van der Waals surface area contributed by atoms with E-state index in [1.165, 1.54) is 16.7 Å². The van der Waals surface area contributed by atoms with Crippen molar-refractivity contribution in [3.63, 3.8) is 0 Å². The number of carbonyl (C=O) groups is 2. The number of benzene rings is 2. The van der Waals surface area contributed by atoms with Gasteiger partial charge in [0.05, 0.1) is 17.3 Å². The van der Waals surface area contributed by atoms with Crippen LogP contribution >= 0.6 is 12.2 Å². The second kappa shape index (κ2) is 16.8. The first-order valence-electron chi connectivity index (χ1n) is 11.6. The summed E-state index contributed by atoms with van der Waals surface area (Å²) in [5.74, 6) is -0.0748. The normalized spacial score (nSPS) is 11.6. The first-order chi connectivity index (χ1) is 15.9. The highest BCUT2D eigenvalue weighted by molar-refractivity contribution is 7.80. The van der Waals surface area contributed by atoms with Gasteiger partial charge < -0.3 is 14.8 Å². The molecule has 0 heterocycles. The SMILES string of the molecule is C/C=C(/C)c1ccccc1C.CCC(C)C(=O)OC(C)(C)C.O=CCC(=S)Nc1ccccc1. The zero-order valence-corrected chi connectivity index (χ0v) is 22.8. The molecule has 1 atom stereocenters. The van der Waals surface area contributed by atoms with Crippen molar-refractivity contribution in [1.82, 2.24) is 0 Å². The van der Waals surface area contributed by atoms with Gasteiger partial charge in [-0.05, 0) is 76.8 Å². The Morgan fingerprint density at radius 3 is 2.12 bits per heavy atom. The molecule has 0 spiro atoms. The van der Waals surface area contributed by atoms with E-state index >= 15 is 0 Å². The van der Waals surface area contributed by atoms with Crippen molar-refractivity contribution in [2.45, 2.75) is 73.8 Å². The molecule has 1 unspecified atom stereocenters. The van der Waals surface area contributed by atoms with E-state index < -0.39 is 0 Å². The summed E-state index contributed by atoms with van der Waals surface area (Å²) in [6, 6.07) is 18.0. The first kappa shape index (κ1) is 31.2. The number of nitrogens with one attached hydrogen (secondary N) is 1. The van der Waals surface area contributed by atoms with Crippen molar-refractivity contribution < 1.29 is 14.3 Å². The minimum atomic E-state index is -0.347. The van der Waals surface area contributed by atoms with Crippen molar-refractivity contribution in [3.8, 4) is 0 Å². The first-order valence-corrected chi connectivity index (χ1v) is 12.1. The molecule has 0 saturated carbocycles. The molecule has 0 amide bonds. The minimum Gasteiger partial charge on any atom is -0.460 e. The maximum atomic E-state index is 11.2. The molecule has 1 N–H and O–H groups in total. The summed E-state index contributed by atoms with van der Waals surface area (Å²) in [5, 5.41) is 2.94. The van der Waals surface area contributed by atoms with Crippen LogP contribution in [0.15, 0.2) is 60.7 Å². The van der Waals surface area contributed by atoms with Crippen molar-refractivity contribution in [2.24, 2.45) is 5.92 Å². The second-order valence-electron chi connectivity index (χ2n) is 8.91. The quantitative estimate of drug-likeness (QED) is 0.258. The average molecular weight is 484 g/mol. The zero-order valence-electron chi connectivity index (χ0n) is 22.0. The summed E-state index contributed by atoms with van der Waals surface area (Å²) in [6.07, 6.45) is 4.06. The number of carbonyl (C=O) groups excluding carboxylic acids is 2. The lowest BCUT2D eigenvalue weighted by molar-refractivity contribution is -0.159. The van der Waals surface area contributed by atoms with Crippen LogP contribution in [0.1, 0.15) is 72.4 Å². The number of esters is 1. The van der Waals surface area contributed by atoms with Crippen LogP contribution in [0.3, 0.4) is 0 Å². The van der Waals surface area contributed by atoms with Crippen LogP contribution in [0.4, 0.5) is 5.69 Å². The van der Waals surface area contributed by atoms with E-state index in [0.717, 1.165) is 18.4 Å². The third-order valence-corrected chi connectivity index (χ3v) is 5.02. The lowest BCUT2D eigenvalue weighted by Crippen LogP contribution is -2.27. The van der Waals surface area contributed by atoms with Gasteiger partial charge in [0.15, 0.2) is 0 Å². The Morgan fingerprint density at radius 2 is 1.65 bits per heavy atom. The summed E-state index contributed by atoms with van der Waals surface area (Å²) >= 11 is 4.89. The molecule has 2 aromatic rings. The Balaban J connectivity index is 0.000000481. The topological polar surface area (TPSA) is 55.4 Å². The number of aryl methyl sites for hydroxylation is 1. The van der Waals surface area contributed by atoms with Gasteiger partial charge >= 0.3 is 5.97 Å². The molecular weight excluding hydrogens is 442 g/mol. The molecule has 0 bridgehead atoms. The van der Waals surface area contributed by atoms with Crippen LogP contribution in [-0.4, -0.2) is 22.8 Å². The number of aldehydes is 1. The zero-order chi connectivity index (χ0) is 26.1. The fourth-order valence-corrected chi connectivity index (χ4v) is 2.73. The number of anilines is 1. The van der Waals surface area contributed by atoms with Crippen LogP contribution < -0.4 is 5.32 Å². The molecule has 186 valence electrons. The third kappa shape index (κ3) is 14.4. The van der Waals surface area contributed by atoms with Gasteiger partial charge in [-0.3, -0.25) is 4.79 Å². The van der Waals surface area contributed by atoms with Gasteiger partial charge in [-0.15, -0.1) is 0 Å². The molecule has 0 aromatic heterocycles. The van der Waals surface area contributed by atoms with Crippen LogP contribution in [-0.2, 0) is 14.3 Å². The van der Waals surface area contributed by atoms with Crippen molar-refractivity contribution in [3.05, 3.63) is 71.8 Å². The molecule has 4 nitrogen and oxygen atoms in total.